The molecule has 0 aliphatic carbocycles. The third kappa shape index (κ3) is 4.48. The number of nitrogens with one attached hydrogen (secondary N) is 2. The number of para-hydroxylation sites is 1. The number of nitrogens with zero attached hydrogens (tertiary/aromatic N) is 2. The van der Waals surface area contributed by atoms with E-state index in [0.717, 1.165) is 25.1 Å². The lowest BCUT2D eigenvalue weighted by atomic mass is 9.99. The second-order valence-corrected chi connectivity index (χ2v) is 9.69. The molecular weight excluding hydrogens is 456 g/mol. The molecule has 2 aliphatic rings. The molecule has 3 N–H and O–H groups in total. The Morgan fingerprint density at radius 3 is 2.56 bits per heavy atom. The highest BCUT2D eigenvalue weighted by Gasteiger charge is 2.32. The molecule has 3 aromatic carbocycles. The summed E-state index contributed by atoms with van der Waals surface area (Å²) in [5.41, 5.74) is 0.472. The molecule has 8 nitrogen and oxygen atoms in total. The highest BCUT2D eigenvalue weighted by molar-refractivity contribution is 5.99. The van der Waals surface area contributed by atoms with Crippen molar-refractivity contribution < 1.29 is 9.90 Å². The topological polar surface area (TPSA) is 102 Å². The number of benzene rings is 2. The predicted molar refractivity (Wildman–Crippen MR) is 141 cm³/mol. The molecule has 0 radical (unpaired) electrons. The summed E-state index contributed by atoms with van der Waals surface area (Å²) in [7, 11) is 0. The lowest BCUT2D eigenvalue weighted by molar-refractivity contribution is 0.0370. The maximum atomic E-state index is 13.3. The minimum Gasteiger partial charge on any atom is -0.505 e. The van der Waals surface area contributed by atoms with Crippen molar-refractivity contribution in [1.29, 1.82) is 0 Å². The van der Waals surface area contributed by atoms with Crippen molar-refractivity contribution in [2.24, 2.45) is 0 Å². The van der Waals surface area contributed by atoms with Crippen molar-refractivity contribution >= 4 is 23.0 Å². The van der Waals surface area contributed by atoms with E-state index in [-0.39, 0.29) is 40.3 Å². The number of carbonyl (C=O) groups is 1. The van der Waals surface area contributed by atoms with Crippen LogP contribution in [0.1, 0.15) is 54.6 Å². The summed E-state index contributed by atoms with van der Waals surface area (Å²) in [6, 6.07) is 14.8. The van der Waals surface area contributed by atoms with Gasteiger partial charge in [0.05, 0.1) is 17.3 Å². The quantitative estimate of drug-likeness (QED) is 0.345. The van der Waals surface area contributed by atoms with E-state index in [0.29, 0.717) is 25.6 Å². The number of phenolic OH excluding ortho intramolecular Hbond substituents is 1. The lowest BCUT2D eigenvalue weighted by Gasteiger charge is -2.44. The summed E-state index contributed by atoms with van der Waals surface area (Å²) < 4.78 is 0. The number of fused-ring (bicyclic) bond motifs is 1. The number of anilines is 3. The van der Waals surface area contributed by atoms with Crippen LogP contribution in [0.5, 0.6) is 5.75 Å². The normalized spacial score (nSPS) is 19.0. The fraction of sp³-hybridized carbons (Fsp3) is 0.393. The van der Waals surface area contributed by atoms with Gasteiger partial charge in [-0.05, 0) is 43.5 Å². The molecule has 36 heavy (non-hydrogen) atoms. The van der Waals surface area contributed by atoms with E-state index in [1.165, 1.54) is 12.8 Å². The van der Waals surface area contributed by atoms with Gasteiger partial charge in [-0.2, -0.15) is 0 Å². The van der Waals surface area contributed by atoms with Gasteiger partial charge >= 0.3 is 0 Å². The third-order valence-corrected chi connectivity index (χ3v) is 7.49. The third-order valence-electron chi connectivity index (χ3n) is 7.49. The summed E-state index contributed by atoms with van der Waals surface area (Å²) >= 11 is 0. The molecular formula is C28H32N4O4. The molecule has 5 rings (SSSR count). The van der Waals surface area contributed by atoms with Gasteiger partial charge in [0.25, 0.3) is 16.8 Å². The van der Waals surface area contributed by atoms with Crippen molar-refractivity contribution in [3.8, 4) is 5.75 Å². The Balaban J connectivity index is 1.35. The number of piperazine rings is 1. The molecule has 188 valence electrons. The van der Waals surface area contributed by atoms with Gasteiger partial charge in [0.1, 0.15) is 11.4 Å². The molecule has 2 saturated heterocycles. The summed E-state index contributed by atoms with van der Waals surface area (Å²) in [5, 5.41) is 17.1. The van der Waals surface area contributed by atoms with E-state index in [1.807, 2.05) is 37.3 Å². The number of phenols is 1. The van der Waals surface area contributed by atoms with Gasteiger partial charge < -0.3 is 20.6 Å². The van der Waals surface area contributed by atoms with Crippen LogP contribution in [0.25, 0.3) is 0 Å². The molecule has 2 atom stereocenters. The fourth-order valence-electron chi connectivity index (χ4n) is 5.39. The Kier molecular flexibility index (Phi) is 6.78. The van der Waals surface area contributed by atoms with Gasteiger partial charge in [0.15, 0.2) is 5.75 Å². The molecule has 1 amide bonds. The summed E-state index contributed by atoms with van der Waals surface area (Å²) in [5.74, 6) is -0.442. The van der Waals surface area contributed by atoms with Crippen LogP contribution in [0.3, 0.4) is 0 Å². The molecule has 2 fully saturated rings. The zero-order chi connectivity index (χ0) is 25.2. The Hall–Kier alpha value is -3.65. The maximum Gasteiger partial charge on any atom is 0.257 e. The number of hydrogen-bond donors (Lipinski definition) is 3. The Morgan fingerprint density at radius 1 is 1.00 bits per heavy atom. The first-order valence-electron chi connectivity index (χ1n) is 12.7. The van der Waals surface area contributed by atoms with Crippen LogP contribution in [0, 0.1) is 0 Å². The van der Waals surface area contributed by atoms with E-state index in [1.54, 1.807) is 23.1 Å². The van der Waals surface area contributed by atoms with Crippen molar-refractivity contribution in [3.05, 3.63) is 80.1 Å². The summed E-state index contributed by atoms with van der Waals surface area (Å²) in [4.78, 5) is 42.4. The Labute approximate surface area is 210 Å². The van der Waals surface area contributed by atoms with E-state index in [4.69, 9.17) is 0 Å². The molecule has 2 heterocycles. The van der Waals surface area contributed by atoms with Crippen molar-refractivity contribution in [1.82, 2.24) is 9.80 Å². The van der Waals surface area contributed by atoms with Crippen molar-refractivity contribution in [3.63, 3.8) is 0 Å². The monoisotopic (exact) mass is 488 g/mol. The van der Waals surface area contributed by atoms with Crippen LogP contribution >= 0.6 is 0 Å². The van der Waals surface area contributed by atoms with E-state index in [9.17, 15) is 19.5 Å². The molecule has 3 aromatic rings. The van der Waals surface area contributed by atoms with Gasteiger partial charge in [-0.3, -0.25) is 19.3 Å². The zero-order valence-corrected chi connectivity index (χ0v) is 20.5. The molecule has 0 bridgehead atoms. The standard InChI is InChI=1S/C28H32N4O4/c1-2-21(18-9-4-3-5-10-18)29-23-24(27(35)26(23)34)30-22-13-8-12-20(25(22)33)28(36)32-16-15-31-14-7-6-11-19(31)17-32/h3-5,8-10,12-13,19,21,29-30,33H,2,6-7,11,14-17H2,1H3/t19?,21-/m1/s1. The highest BCUT2D eigenvalue weighted by Crippen LogP contribution is 2.34. The Morgan fingerprint density at radius 2 is 1.78 bits per heavy atom. The van der Waals surface area contributed by atoms with Gasteiger partial charge in [-0.15, -0.1) is 0 Å². The predicted octanol–water partition coefficient (Wildman–Crippen LogP) is 3.61. The number of aromatic hydroxyl groups is 1. The van der Waals surface area contributed by atoms with Crippen molar-refractivity contribution in [2.45, 2.75) is 44.7 Å². The van der Waals surface area contributed by atoms with Gasteiger partial charge in [0.2, 0.25) is 0 Å². The van der Waals surface area contributed by atoms with E-state index >= 15 is 0 Å². The van der Waals surface area contributed by atoms with Crippen LogP contribution in [0.4, 0.5) is 17.1 Å². The molecule has 0 saturated carbocycles. The van der Waals surface area contributed by atoms with Gasteiger partial charge in [-0.25, -0.2) is 0 Å². The number of rotatable bonds is 7. The second-order valence-electron chi connectivity index (χ2n) is 9.69. The average Bonchev–Trinajstić information content (AvgIpc) is 2.93. The minimum absolute atomic E-state index is 0.102. The molecule has 8 heteroatoms. The maximum absolute atomic E-state index is 13.3. The van der Waals surface area contributed by atoms with Crippen molar-refractivity contribution in [2.75, 3.05) is 36.8 Å². The first kappa shape index (κ1) is 24.1. The van der Waals surface area contributed by atoms with Crippen LogP contribution < -0.4 is 21.5 Å². The van der Waals surface area contributed by atoms with Crippen LogP contribution in [0.15, 0.2) is 58.1 Å². The van der Waals surface area contributed by atoms with E-state index < -0.39 is 10.9 Å². The molecule has 2 aliphatic heterocycles. The van der Waals surface area contributed by atoms with Crippen LogP contribution in [-0.2, 0) is 0 Å². The van der Waals surface area contributed by atoms with E-state index in [2.05, 4.69) is 15.5 Å². The fourth-order valence-corrected chi connectivity index (χ4v) is 5.39. The van der Waals surface area contributed by atoms with Gasteiger partial charge in [0, 0.05) is 25.7 Å². The smallest absolute Gasteiger partial charge is 0.257 e. The minimum atomic E-state index is -0.648. The molecule has 0 spiro atoms. The molecule has 1 unspecified atom stereocenters. The first-order chi connectivity index (χ1) is 17.5. The first-order valence-corrected chi connectivity index (χ1v) is 12.7. The average molecular weight is 489 g/mol. The number of piperidine rings is 1. The van der Waals surface area contributed by atoms with Crippen LogP contribution in [-0.4, -0.2) is 53.0 Å². The van der Waals surface area contributed by atoms with Gasteiger partial charge in [-0.1, -0.05) is 49.7 Å². The highest BCUT2D eigenvalue weighted by atomic mass is 16.3. The lowest BCUT2D eigenvalue weighted by Crippen LogP contribution is -2.56. The SMILES string of the molecule is CC[C@@H](Nc1c(Nc2cccc(C(=O)N3CCN4CCCCC4C3)c2O)c(=O)c1=O)c1ccccc1. The summed E-state index contributed by atoms with van der Waals surface area (Å²) in [6.07, 6.45) is 4.18. The number of amides is 1. The summed E-state index contributed by atoms with van der Waals surface area (Å²) in [6.45, 7) is 5.19. The Bertz CT molecular complexity index is 1320. The number of hydrogen-bond acceptors (Lipinski definition) is 7. The zero-order valence-electron chi connectivity index (χ0n) is 20.5. The number of carbonyl (C=O) groups excluding carboxylic acids is 1. The molecule has 0 aromatic heterocycles. The van der Waals surface area contributed by atoms with Crippen LogP contribution in [0.2, 0.25) is 0 Å². The largest absolute Gasteiger partial charge is 0.505 e. The second kappa shape index (κ2) is 10.1.